The zero-order chi connectivity index (χ0) is 13.9. The Morgan fingerprint density at radius 3 is 3.00 bits per heavy atom. The number of aliphatic hydroxyl groups excluding tert-OH is 1. The number of rotatable bonds is 5. The second kappa shape index (κ2) is 5.76. The summed E-state index contributed by atoms with van der Waals surface area (Å²) >= 11 is 0. The van der Waals surface area contributed by atoms with Gasteiger partial charge in [0.15, 0.2) is 0 Å². The van der Waals surface area contributed by atoms with Crippen LogP contribution in [0, 0.1) is 0 Å². The Hall–Kier alpha value is -1.32. The number of para-hydroxylation sites is 1. The van der Waals surface area contributed by atoms with Gasteiger partial charge in [0.05, 0.1) is 12.7 Å². The van der Waals surface area contributed by atoms with Crippen LogP contribution in [0.1, 0.15) is 37.8 Å². The van der Waals surface area contributed by atoms with Gasteiger partial charge in [-0.05, 0) is 24.8 Å². The van der Waals surface area contributed by atoms with E-state index in [9.17, 15) is 5.11 Å². The molecular formula is C16H22O3. The lowest BCUT2D eigenvalue weighted by atomic mass is 10.0. The highest BCUT2D eigenvalue weighted by atomic mass is 16.7. The molecule has 0 bridgehead atoms. The molecule has 1 unspecified atom stereocenters. The molecule has 0 aliphatic carbocycles. The fraction of sp³-hybridized carbons (Fsp3) is 0.500. The standard InChI is InChI=1S/C16H22O3/c1-4-6-14(17)10-9-12-7-5-8-13-11-18-16(2,3)19-15(12)13/h4-5,7-8,14,17H,1,6,9-11H2,2-3H3. The van der Waals surface area contributed by atoms with E-state index in [1.54, 1.807) is 6.08 Å². The molecule has 3 heteroatoms. The van der Waals surface area contributed by atoms with Crippen LogP contribution in [0.2, 0.25) is 0 Å². The number of ether oxygens (including phenoxy) is 2. The fourth-order valence-electron chi connectivity index (χ4n) is 2.24. The predicted octanol–water partition coefficient (Wildman–Crippen LogP) is 3.20. The second-order valence-electron chi connectivity index (χ2n) is 5.41. The van der Waals surface area contributed by atoms with Gasteiger partial charge in [0.2, 0.25) is 5.79 Å². The van der Waals surface area contributed by atoms with Crippen molar-refractivity contribution in [2.45, 2.75) is 51.6 Å². The van der Waals surface area contributed by atoms with Gasteiger partial charge in [0.25, 0.3) is 0 Å². The molecule has 0 radical (unpaired) electrons. The number of fused-ring (bicyclic) bond motifs is 1. The van der Waals surface area contributed by atoms with E-state index in [0.29, 0.717) is 19.4 Å². The largest absolute Gasteiger partial charge is 0.462 e. The lowest BCUT2D eigenvalue weighted by molar-refractivity contribution is -0.180. The normalized spacial score (nSPS) is 18.3. The molecule has 104 valence electrons. The van der Waals surface area contributed by atoms with Crippen LogP contribution in [0.25, 0.3) is 0 Å². The Morgan fingerprint density at radius 2 is 2.26 bits per heavy atom. The van der Waals surface area contributed by atoms with E-state index in [-0.39, 0.29) is 6.10 Å². The molecule has 0 fully saturated rings. The van der Waals surface area contributed by atoms with Gasteiger partial charge in [-0.3, -0.25) is 0 Å². The zero-order valence-corrected chi connectivity index (χ0v) is 11.7. The van der Waals surface area contributed by atoms with Crippen LogP contribution < -0.4 is 4.74 Å². The van der Waals surface area contributed by atoms with Gasteiger partial charge in [-0.15, -0.1) is 6.58 Å². The summed E-state index contributed by atoms with van der Waals surface area (Å²) in [6.45, 7) is 8.05. The Bertz CT molecular complexity index is 451. The minimum absolute atomic E-state index is 0.332. The Labute approximate surface area is 114 Å². The molecule has 0 spiro atoms. The third-order valence-corrected chi connectivity index (χ3v) is 3.29. The van der Waals surface area contributed by atoms with E-state index in [4.69, 9.17) is 9.47 Å². The van der Waals surface area contributed by atoms with Gasteiger partial charge in [0.1, 0.15) is 5.75 Å². The van der Waals surface area contributed by atoms with Crippen LogP contribution in [-0.2, 0) is 17.8 Å². The van der Waals surface area contributed by atoms with Crippen LogP contribution >= 0.6 is 0 Å². The molecule has 1 atom stereocenters. The molecule has 1 heterocycles. The molecule has 19 heavy (non-hydrogen) atoms. The van der Waals surface area contributed by atoms with Crippen molar-refractivity contribution in [3.8, 4) is 5.75 Å². The van der Waals surface area contributed by atoms with Crippen LogP contribution in [0.4, 0.5) is 0 Å². The van der Waals surface area contributed by atoms with Crippen molar-refractivity contribution in [2.75, 3.05) is 0 Å². The highest BCUT2D eigenvalue weighted by molar-refractivity contribution is 5.42. The summed E-state index contributed by atoms with van der Waals surface area (Å²) in [5, 5.41) is 9.78. The summed E-state index contributed by atoms with van der Waals surface area (Å²) < 4.78 is 11.5. The van der Waals surface area contributed by atoms with E-state index >= 15 is 0 Å². The summed E-state index contributed by atoms with van der Waals surface area (Å²) in [7, 11) is 0. The molecule has 0 saturated heterocycles. The van der Waals surface area contributed by atoms with E-state index < -0.39 is 5.79 Å². The van der Waals surface area contributed by atoms with E-state index in [2.05, 4.69) is 12.6 Å². The van der Waals surface area contributed by atoms with Crippen LogP contribution in [0.5, 0.6) is 5.75 Å². The Kier molecular flexibility index (Phi) is 4.27. The van der Waals surface area contributed by atoms with E-state index in [1.165, 1.54) is 0 Å². The smallest absolute Gasteiger partial charge is 0.205 e. The second-order valence-corrected chi connectivity index (χ2v) is 5.41. The quantitative estimate of drug-likeness (QED) is 0.828. The minimum atomic E-state index is -0.581. The summed E-state index contributed by atoms with van der Waals surface area (Å²) in [6.07, 6.45) is 3.56. The first-order valence-electron chi connectivity index (χ1n) is 6.74. The first kappa shape index (κ1) is 14.1. The molecule has 2 rings (SSSR count). The van der Waals surface area contributed by atoms with Gasteiger partial charge in [-0.2, -0.15) is 0 Å². The number of benzene rings is 1. The zero-order valence-electron chi connectivity index (χ0n) is 11.7. The molecule has 1 aromatic rings. The maximum absolute atomic E-state index is 9.78. The van der Waals surface area contributed by atoms with Crippen molar-refractivity contribution in [1.82, 2.24) is 0 Å². The highest BCUT2D eigenvalue weighted by Gasteiger charge is 2.28. The number of hydrogen-bond acceptors (Lipinski definition) is 3. The summed E-state index contributed by atoms with van der Waals surface area (Å²) in [5.41, 5.74) is 2.21. The SMILES string of the molecule is C=CCC(O)CCc1cccc2c1OC(C)(C)OC2. The molecule has 0 saturated carbocycles. The van der Waals surface area contributed by atoms with Gasteiger partial charge in [0, 0.05) is 19.4 Å². The van der Waals surface area contributed by atoms with Gasteiger partial charge in [-0.1, -0.05) is 24.3 Å². The van der Waals surface area contributed by atoms with Gasteiger partial charge >= 0.3 is 0 Å². The maximum atomic E-state index is 9.78. The van der Waals surface area contributed by atoms with Gasteiger partial charge in [-0.25, -0.2) is 0 Å². The van der Waals surface area contributed by atoms with Crippen LogP contribution in [0.15, 0.2) is 30.9 Å². The van der Waals surface area contributed by atoms with Crippen molar-refractivity contribution < 1.29 is 14.6 Å². The Balaban J connectivity index is 2.11. The maximum Gasteiger partial charge on any atom is 0.205 e. The highest BCUT2D eigenvalue weighted by Crippen LogP contribution is 2.34. The molecular weight excluding hydrogens is 240 g/mol. The minimum Gasteiger partial charge on any atom is -0.462 e. The molecule has 1 aliphatic heterocycles. The van der Waals surface area contributed by atoms with Crippen LogP contribution in [0.3, 0.4) is 0 Å². The lowest BCUT2D eigenvalue weighted by Crippen LogP contribution is -2.35. The fourth-order valence-corrected chi connectivity index (χ4v) is 2.24. The number of hydrogen-bond donors (Lipinski definition) is 1. The van der Waals surface area contributed by atoms with Crippen molar-refractivity contribution in [2.24, 2.45) is 0 Å². The van der Waals surface area contributed by atoms with E-state index in [1.807, 2.05) is 26.0 Å². The lowest BCUT2D eigenvalue weighted by Gasteiger charge is -2.34. The third-order valence-electron chi connectivity index (χ3n) is 3.29. The topological polar surface area (TPSA) is 38.7 Å². The molecule has 1 N–H and O–H groups in total. The average molecular weight is 262 g/mol. The van der Waals surface area contributed by atoms with Crippen molar-refractivity contribution in [1.29, 1.82) is 0 Å². The molecule has 0 aromatic heterocycles. The average Bonchev–Trinajstić information content (AvgIpc) is 2.36. The van der Waals surface area contributed by atoms with E-state index in [0.717, 1.165) is 23.3 Å². The van der Waals surface area contributed by atoms with Crippen molar-refractivity contribution >= 4 is 0 Å². The van der Waals surface area contributed by atoms with Gasteiger partial charge < -0.3 is 14.6 Å². The third kappa shape index (κ3) is 3.58. The molecule has 3 nitrogen and oxygen atoms in total. The summed E-state index contributed by atoms with van der Waals surface area (Å²) in [4.78, 5) is 0. The number of aryl methyl sites for hydroxylation is 1. The summed E-state index contributed by atoms with van der Waals surface area (Å²) in [5.74, 6) is 0.340. The van der Waals surface area contributed by atoms with Crippen LogP contribution in [-0.4, -0.2) is 17.0 Å². The monoisotopic (exact) mass is 262 g/mol. The van der Waals surface area contributed by atoms with Crippen molar-refractivity contribution in [3.63, 3.8) is 0 Å². The molecule has 1 aliphatic rings. The molecule has 0 amide bonds. The Morgan fingerprint density at radius 1 is 1.47 bits per heavy atom. The predicted molar refractivity (Wildman–Crippen MR) is 75.1 cm³/mol. The first-order valence-corrected chi connectivity index (χ1v) is 6.74. The first-order chi connectivity index (χ1) is 9.02. The number of aliphatic hydroxyl groups is 1. The molecule has 1 aromatic carbocycles. The summed E-state index contributed by atoms with van der Waals surface area (Å²) in [6, 6.07) is 6.09. The van der Waals surface area contributed by atoms with Crippen molar-refractivity contribution in [3.05, 3.63) is 42.0 Å².